The minimum absolute atomic E-state index is 0.811. The number of rotatable bonds is 0. The van der Waals surface area contributed by atoms with Gasteiger partial charge in [-0.2, -0.15) is 10.1 Å². The average molecular weight is 181 g/mol. The molecule has 0 amide bonds. The van der Waals surface area contributed by atoms with Gasteiger partial charge in [0.15, 0.2) is 5.82 Å². The first-order chi connectivity index (χ1) is 6.93. The molecule has 0 aromatic heterocycles. The van der Waals surface area contributed by atoms with Gasteiger partial charge >= 0.3 is 0 Å². The molecule has 3 rings (SSSR count). The van der Waals surface area contributed by atoms with Gasteiger partial charge in [-0.05, 0) is 11.6 Å². The fourth-order valence-corrected chi connectivity index (χ4v) is 1.48. The first-order valence-electron chi connectivity index (χ1n) is 4.37. The van der Waals surface area contributed by atoms with Crippen LogP contribution < -0.4 is 0 Å². The molecule has 3 heteroatoms. The summed E-state index contributed by atoms with van der Waals surface area (Å²) in [6, 6.07) is 8.08. The van der Waals surface area contributed by atoms with Crippen LogP contribution in [0.5, 0.6) is 0 Å². The summed E-state index contributed by atoms with van der Waals surface area (Å²) in [6.07, 6.45) is 5.55. The molecular formula is C11H7N3. The van der Waals surface area contributed by atoms with Gasteiger partial charge in [0.05, 0.1) is 12.4 Å². The minimum Gasteiger partial charge on any atom is -0.213 e. The highest BCUT2D eigenvalue weighted by molar-refractivity contribution is 5.87. The van der Waals surface area contributed by atoms with Crippen LogP contribution in [0.4, 0.5) is 0 Å². The van der Waals surface area contributed by atoms with Crippen molar-refractivity contribution in [3.8, 4) is 0 Å². The zero-order chi connectivity index (χ0) is 9.38. The largest absolute Gasteiger partial charge is 0.213 e. The van der Waals surface area contributed by atoms with Gasteiger partial charge < -0.3 is 0 Å². The van der Waals surface area contributed by atoms with Crippen molar-refractivity contribution in [1.82, 2.24) is 5.01 Å². The Balaban J connectivity index is 2.21. The molecule has 2 heterocycles. The van der Waals surface area contributed by atoms with Gasteiger partial charge in [-0.15, -0.1) is 0 Å². The summed E-state index contributed by atoms with van der Waals surface area (Å²) in [7, 11) is 0. The Hall–Kier alpha value is -2.12. The lowest BCUT2D eigenvalue weighted by Crippen LogP contribution is -2.02. The SMILES string of the molecule is C1=CN2N=Cc3ccccc3C=C2N=1. The van der Waals surface area contributed by atoms with E-state index in [1.54, 1.807) is 11.2 Å². The summed E-state index contributed by atoms with van der Waals surface area (Å²) in [4.78, 5) is 4.08. The molecule has 66 valence electrons. The van der Waals surface area contributed by atoms with Crippen LogP contribution >= 0.6 is 0 Å². The first kappa shape index (κ1) is 7.30. The predicted octanol–water partition coefficient (Wildman–Crippen LogP) is 1.83. The Bertz CT molecular complexity index is 505. The topological polar surface area (TPSA) is 28.0 Å². The van der Waals surface area contributed by atoms with Crippen LogP contribution in [0.25, 0.3) is 6.08 Å². The smallest absolute Gasteiger partial charge is 0.164 e. The summed E-state index contributed by atoms with van der Waals surface area (Å²) < 4.78 is 0. The van der Waals surface area contributed by atoms with E-state index >= 15 is 0 Å². The van der Waals surface area contributed by atoms with Crippen LogP contribution in [-0.4, -0.2) is 17.1 Å². The lowest BCUT2D eigenvalue weighted by atomic mass is 10.1. The minimum atomic E-state index is 0.811. The maximum absolute atomic E-state index is 4.25. The Kier molecular flexibility index (Phi) is 1.40. The van der Waals surface area contributed by atoms with E-state index < -0.39 is 0 Å². The molecule has 0 radical (unpaired) electrons. The molecule has 2 aliphatic rings. The van der Waals surface area contributed by atoms with Gasteiger partial charge in [-0.3, -0.25) is 0 Å². The summed E-state index contributed by atoms with van der Waals surface area (Å²) in [5.41, 5.74) is 2.24. The monoisotopic (exact) mass is 181 g/mol. The van der Waals surface area contributed by atoms with Crippen molar-refractivity contribution in [3.63, 3.8) is 0 Å². The third-order valence-corrected chi connectivity index (χ3v) is 2.20. The van der Waals surface area contributed by atoms with Crippen molar-refractivity contribution in [2.24, 2.45) is 10.1 Å². The van der Waals surface area contributed by atoms with Crippen LogP contribution in [0.15, 0.2) is 46.4 Å². The van der Waals surface area contributed by atoms with Gasteiger partial charge in [0.2, 0.25) is 0 Å². The van der Waals surface area contributed by atoms with E-state index in [0.29, 0.717) is 0 Å². The molecule has 3 nitrogen and oxygen atoms in total. The van der Waals surface area contributed by atoms with Gasteiger partial charge in [-0.1, -0.05) is 24.3 Å². The zero-order valence-electron chi connectivity index (χ0n) is 7.38. The molecule has 0 saturated heterocycles. The number of hydrogen-bond donors (Lipinski definition) is 0. The Morgan fingerprint density at radius 2 is 2.00 bits per heavy atom. The van der Waals surface area contributed by atoms with Gasteiger partial charge in [-0.25, -0.2) is 5.01 Å². The number of aliphatic imine (C=N–C) groups is 1. The fourth-order valence-electron chi connectivity index (χ4n) is 1.48. The van der Waals surface area contributed by atoms with Gasteiger partial charge in [0.25, 0.3) is 0 Å². The Labute approximate surface area is 81.4 Å². The molecule has 0 spiro atoms. The van der Waals surface area contributed by atoms with Crippen LogP contribution in [0.1, 0.15) is 11.1 Å². The molecule has 14 heavy (non-hydrogen) atoms. The number of benzene rings is 1. The fraction of sp³-hybridized carbons (Fsp3) is 0. The van der Waals surface area contributed by atoms with Crippen molar-refractivity contribution in [1.29, 1.82) is 0 Å². The van der Waals surface area contributed by atoms with E-state index in [0.717, 1.165) is 16.9 Å². The number of fused-ring (bicyclic) bond motifs is 2. The van der Waals surface area contributed by atoms with E-state index in [1.165, 1.54) is 0 Å². The Morgan fingerprint density at radius 1 is 1.14 bits per heavy atom. The second-order valence-corrected chi connectivity index (χ2v) is 3.09. The van der Waals surface area contributed by atoms with E-state index in [4.69, 9.17) is 0 Å². The van der Waals surface area contributed by atoms with Crippen molar-refractivity contribution in [2.75, 3.05) is 0 Å². The van der Waals surface area contributed by atoms with Crippen molar-refractivity contribution in [3.05, 3.63) is 47.4 Å². The van der Waals surface area contributed by atoms with Crippen LogP contribution in [0, 0.1) is 0 Å². The zero-order valence-corrected chi connectivity index (χ0v) is 7.38. The third kappa shape index (κ3) is 1.00. The quantitative estimate of drug-likeness (QED) is 0.600. The first-order valence-corrected chi connectivity index (χ1v) is 4.37. The highest BCUT2D eigenvalue weighted by Crippen LogP contribution is 2.20. The van der Waals surface area contributed by atoms with Crippen LogP contribution in [-0.2, 0) is 0 Å². The standard InChI is InChI=1S/C11H7N3/c1-2-4-10-8-13-14-6-5-12-11(14)7-9(10)3-1/h1-4,6-8H. The predicted molar refractivity (Wildman–Crippen MR) is 55.9 cm³/mol. The van der Waals surface area contributed by atoms with E-state index in [2.05, 4.69) is 16.0 Å². The number of hydrazone groups is 1. The van der Waals surface area contributed by atoms with E-state index in [9.17, 15) is 0 Å². The molecule has 1 aromatic carbocycles. The lowest BCUT2D eigenvalue weighted by Gasteiger charge is -2.05. The van der Waals surface area contributed by atoms with E-state index in [1.807, 2.05) is 36.6 Å². The average Bonchev–Trinajstić information content (AvgIpc) is 2.58. The molecule has 0 fully saturated rings. The highest BCUT2D eigenvalue weighted by Gasteiger charge is 2.12. The Morgan fingerprint density at radius 3 is 2.93 bits per heavy atom. The summed E-state index contributed by atoms with van der Waals surface area (Å²) in [5.74, 6) is 3.58. The summed E-state index contributed by atoms with van der Waals surface area (Å²) in [5, 5.41) is 5.96. The van der Waals surface area contributed by atoms with Crippen LogP contribution in [0.2, 0.25) is 0 Å². The highest BCUT2D eigenvalue weighted by atomic mass is 15.5. The molecule has 0 atom stereocenters. The van der Waals surface area contributed by atoms with Crippen molar-refractivity contribution in [2.45, 2.75) is 0 Å². The molecule has 0 N–H and O–H groups in total. The molecule has 1 aromatic rings. The molecular weight excluding hydrogens is 174 g/mol. The summed E-state index contributed by atoms with van der Waals surface area (Å²) >= 11 is 0. The van der Waals surface area contributed by atoms with Gasteiger partial charge in [0.1, 0.15) is 0 Å². The molecule has 0 bridgehead atoms. The maximum atomic E-state index is 4.25. The van der Waals surface area contributed by atoms with Crippen molar-refractivity contribution >= 4 is 18.2 Å². The van der Waals surface area contributed by atoms with E-state index in [-0.39, 0.29) is 0 Å². The number of hydrogen-bond acceptors (Lipinski definition) is 3. The molecule has 0 unspecified atom stereocenters. The van der Waals surface area contributed by atoms with Gasteiger partial charge in [0, 0.05) is 11.4 Å². The molecule has 0 saturated carbocycles. The second-order valence-electron chi connectivity index (χ2n) is 3.09. The lowest BCUT2D eigenvalue weighted by molar-refractivity contribution is 0.518. The maximum Gasteiger partial charge on any atom is 0.164 e. The van der Waals surface area contributed by atoms with Crippen molar-refractivity contribution < 1.29 is 0 Å². The normalized spacial score (nSPS) is 16.3. The second kappa shape index (κ2) is 2.69. The molecule has 2 aliphatic heterocycles. The number of nitrogens with zero attached hydrogens (tertiary/aromatic N) is 3. The molecule has 0 aliphatic carbocycles. The summed E-state index contributed by atoms with van der Waals surface area (Å²) in [6.45, 7) is 0. The van der Waals surface area contributed by atoms with Crippen LogP contribution in [0.3, 0.4) is 0 Å². The third-order valence-electron chi connectivity index (χ3n) is 2.20.